The van der Waals surface area contributed by atoms with Gasteiger partial charge >= 0.3 is 6.03 Å². The minimum atomic E-state index is -0.246. The maximum atomic E-state index is 12.0. The smallest absolute Gasteiger partial charge is 0.319 e. The van der Waals surface area contributed by atoms with Crippen LogP contribution in [0, 0.1) is 6.92 Å². The molecule has 1 aromatic carbocycles. The lowest BCUT2D eigenvalue weighted by Gasteiger charge is -2.13. The van der Waals surface area contributed by atoms with Gasteiger partial charge in [0, 0.05) is 22.8 Å². The second-order valence-corrected chi connectivity index (χ2v) is 5.95. The molecule has 1 heterocycles. The number of anilines is 1. The van der Waals surface area contributed by atoms with Gasteiger partial charge in [-0.2, -0.15) is 0 Å². The highest BCUT2D eigenvalue weighted by atomic mass is 32.1. The molecule has 2 amide bonds. The predicted molar refractivity (Wildman–Crippen MR) is 86.5 cm³/mol. The molecule has 2 unspecified atom stereocenters. The third-order valence-corrected chi connectivity index (χ3v) is 4.19. The fourth-order valence-electron chi connectivity index (χ4n) is 1.87. The minimum Gasteiger partial charge on any atom is -0.329 e. The lowest BCUT2D eigenvalue weighted by atomic mass is 10.1. The van der Waals surface area contributed by atoms with Crippen molar-refractivity contribution < 1.29 is 4.79 Å². The number of carbonyl (C=O) groups is 1. The Morgan fingerprint density at radius 1 is 1.29 bits per heavy atom. The molecule has 5 nitrogen and oxygen atoms in total. The average Bonchev–Trinajstić information content (AvgIpc) is 2.86. The van der Waals surface area contributed by atoms with E-state index in [4.69, 9.17) is 5.73 Å². The van der Waals surface area contributed by atoms with Gasteiger partial charge in [0.05, 0.1) is 6.04 Å². The second-order valence-electron chi connectivity index (χ2n) is 5.06. The van der Waals surface area contributed by atoms with Crippen molar-refractivity contribution in [3.05, 3.63) is 45.9 Å². The van der Waals surface area contributed by atoms with Crippen molar-refractivity contribution in [3.63, 3.8) is 0 Å². The Balaban J connectivity index is 1.92. The van der Waals surface area contributed by atoms with Gasteiger partial charge in [0.1, 0.15) is 5.01 Å². The molecule has 0 spiro atoms. The molecule has 0 aliphatic rings. The van der Waals surface area contributed by atoms with Gasteiger partial charge in [0.15, 0.2) is 0 Å². The van der Waals surface area contributed by atoms with Crippen LogP contribution in [0.5, 0.6) is 0 Å². The Morgan fingerprint density at radius 2 is 1.95 bits per heavy atom. The fourth-order valence-corrected chi connectivity index (χ4v) is 2.67. The summed E-state index contributed by atoms with van der Waals surface area (Å²) in [6.07, 6.45) is 0. The summed E-state index contributed by atoms with van der Waals surface area (Å²) in [5.74, 6) is 0. The van der Waals surface area contributed by atoms with Gasteiger partial charge in [-0.25, -0.2) is 9.78 Å². The Bertz CT molecular complexity index is 606. The Morgan fingerprint density at radius 3 is 2.48 bits per heavy atom. The number of nitrogens with zero attached hydrogens (tertiary/aromatic N) is 1. The summed E-state index contributed by atoms with van der Waals surface area (Å²) in [5, 5.41) is 8.54. The van der Waals surface area contributed by atoms with Crippen LogP contribution in [-0.4, -0.2) is 11.0 Å². The van der Waals surface area contributed by atoms with Crippen molar-refractivity contribution in [2.24, 2.45) is 5.73 Å². The number of nitrogens with one attached hydrogen (secondary N) is 2. The van der Waals surface area contributed by atoms with Gasteiger partial charge in [-0.1, -0.05) is 12.1 Å². The molecule has 0 saturated carbocycles. The Kier molecular flexibility index (Phi) is 4.93. The molecule has 0 fully saturated rings. The fraction of sp³-hybridized carbons (Fsp3) is 0.333. The summed E-state index contributed by atoms with van der Waals surface area (Å²) < 4.78 is 0. The lowest BCUT2D eigenvalue weighted by molar-refractivity contribution is 0.249. The summed E-state index contributed by atoms with van der Waals surface area (Å²) in [4.78, 5) is 16.3. The first-order valence-corrected chi connectivity index (χ1v) is 7.68. The first-order valence-electron chi connectivity index (χ1n) is 6.81. The van der Waals surface area contributed by atoms with Crippen molar-refractivity contribution in [3.8, 4) is 0 Å². The van der Waals surface area contributed by atoms with Crippen molar-refractivity contribution in [2.75, 3.05) is 5.32 Å². The van der Waals surface area contributed by atoms with Gasteiger partial charge in [-0.05, 0) is 38.5 Å². The summed E-state index contributed by atoms with van der Waals surface area (Å²) in [6, 6.07) is 7.13. The number of hydrogen-bond donors (Lipinski definition) is 3. The number of aryl methyl sites for hydroxylation is 1. The van der Waals surface area contributed by atoms with Crippen molar-refractivity contribution >= 4 is 23.1 Å². The number of amides is 2. The van der Waals surface area contributed by atoms with Gasteiger partial charge in [-0.15, -0.1) is 11.3 Å². The molecule has 6 heteroatoms. The highest BCUT2D eigenvalue weighted by molar-refractivity contribution is 7.09. The molecule has 21 heavy (non-hydrogen) atoms. The number of hydrogen-bond acceptors (Lipinski definition) is 4. The number of carbonyl (C=O) groups excluding carboxylic acids is 1. The topological polar surface area (TPSA) is 80.0 Å². The number of nitrogens with two attached hydrogens (primary N) is 1. The summed E-state index contributed by atoms with van der Waals surface area (Å²) >= 11 is 1.54. The maximum Gasteiger partial charge on any atom is 0.319 e. The summed E-state index contributed by atoms with van der Waals surface area (Å²) in [5.41, 5.74) is 8.53. The van der Waals surface area contributed by atoms with E-state index in [-0.39, 0.29) is 18.1 Å². The van der Waals surface area contributed by atoms with E-state index in [1.165, 1.54) is 0 Å². The third kappa shape index (κ3) is 4.27. The van der Waals surface area contributed by atoms with Crippen LogP contribution in [0.25, 0.3) is 0 Å². The van der Waals surface area contributed by atoms with E-state index in [2.05, 4.69) is 15.6 Å². The number of thiazole rings is 1. The molecule has 2 rings (SSSR count). The average molecular weight is 304 g/mol. The monoisotopic (exact) mass is 304 g/mol. The quantitative estimate of drug-likeness (QED) is 0.810. The lowest BCUT2D eigenvalue weighted by Crippen LogP contribution is -2.31. The highest BCUT2D eigenvalue weighted by Gasteiger charge is 2.12. The molecule has 0 bridgehead atoms. The summed E-state index contributed by atoms with van der Waals surface area (Å²) in [7, 11) is 0. The van der Waals surface area contributed by atoms with Crippen molar-refractivity contribution in [1.29, 1.82) is 0 Å². The van der Waals surface area contributed by atoms with Crippen LogP contribution in [0.2, 0.25) is 0 Å². The zero-order valence-corrected chi connectivity index (χ0v) is 13.2. The molecule has 0 aliphatic heterocycles. The van der Waals surface area contributed by atoms with Crippen molar-refractivity contribution in [1.82, 2.24) is 10.3 Å². The Labute approximate surface area is 128 Å². The zero-order chi connectivity index (χ0) is 15.4. The van der Waals surface area contributed by atoms with Gasteiger partial charge < -0.3 is 16.4 Å². The van der Waals surface area contributed by atoms with E-state index >= 15 is 0 Å². The van der Waals surface area contributed by atoms with Crippen LogP contribution in [0.4, 0.5) is 10.5 Å². The van der Waals surface area contributed by atoms with E-state index in [1.807, 2.05) is 50.4 Å². The molecule has 4 N–H and O–H groups in total. The molecule has 0 radical (unpaired) electrons. The van der Waals surface area contributed by atoms with E-state index in [1.54, 1.807) is 11.3 Å². The molecule has 2 atom stereocenters. The molecular formula is C15H20N4OS. The van der Waals surface area contributed by atoms with Crippen LogP contribution in [0.1, 0.15) is 42.2 Å². The van der Waals surface area contributed by atoms with Gasteiger partial charge in [0.25, 0.3) is 0 Å². The van der Waals surface area contributed by atoms with Crippen LogP contribution in [0.3, 0.4) is 0 Å². The standard InChI is InChI=1S/C15H20N4OS/c1-9-8-21-14(17-9)11(3)18-15(20)19-13-6-4-12(5-7-13)10(2)16/h4-8,10-11H,16H2,1-3H3,(H2,18,19,20). The molecule has 2 aromatic rings. The molecule has 0 saturated heterocycles. The summed E-state index contributed by atoms with van der Waals surface area (Å²) in [6.45, 7) is 5.77. The molecule has 0 aliphatic carbocycles. The second kappa shape index (κ2) is 6.69. The van der Waals surface area contributed by atoms with E-state index < -0.39 is 0 Å². The maximum absolute atomic E-state index is 12.0. The van der Waals surface area contributed by atoms with Gasteiger partial charge in [-0.3, -0.25) is 0 Å². The van der Waals surface area contributed by atoms with E-state index in [0.29, 0.717) is 0 Å². The third-order valence-electron chi connectivity index (χ3n) is 3.05. The molecule has 1 aromatic heterocycles. The zero-order valence-electron chi connectivity index (χ0n) is 12.4. The Hall–Kier alpha value is -1.92. The normalized spacial score (nSPS) is 13.5. The number of benzene rings is 1. The van der Waals surface area contributed by atoms with Gasteiger partial charge in [0.2, 0.25) is 0 Å². The largest absolute Gasteiger partial charge is 0.329 e. The molecular weight excluding hydrogens is 284 g/mol. The SMILES string of the molecule is Cc1csc(C(C)NC(=O)Nc2ccc(C(C)N)cc2)n1. The van der Waals surface area contributed by atoms with Crippen LogP contribution in [-0.2, 0) is 0 Å². The number of aromatic nitrogens is 1. The first-order chi connectivity index (χ1) is 9.95. The van der Waals surface area contributed by atoms with E-state index in [9.17, 15) is 4.79 Å². The van der Waals surface area contributed by atoms with Crippen LogP contribution < -0.4 is 16.4 Å². The minimum absolute atomic E-state index is 0.0129. The number of urea groups is 1. The highest BCUT2D eigenvalue weighted by Crippen LogP contribution is 2.18. The predicted octanol–water partition coefficient (Wildman–Crippen LogP) is 3.35. The number of rotatable bonds is 4. The first kappa shape index (κ1) is 15.5. The van der Waals surface area contributed by atoms with E-state index in [0.717, 1.165) is 22.0 Å². The van der Waals surface area contributed by atoms with Crippen molar-refractivity contribution in [2.45, 2.75) is 32.9 Å². The van der Waals surface area contributed by atoms with Crippen LogP contribution in [0.15, 0.2) is 29.6 Å². The van der Waals surface area contributed by atoms with Crippen LogP contribution >= 0.6 is 11.3 Å². The molecule has 112 valence electrons.